The molecule has 0 aliphatic carbocycles. The summed E-state index contributed by atoms with van der Waals surface area (Å²) in [5.41, 5.74) is 5.66. The average Bonchev–Trinajstić information content (AvgIpc) is 2.85. The number of aliphatic carboxylic acids is 2. The number of unbranched alkanes of at least 4 members (excludes halogenated alkanes) is 12. The van der Waals surface area contributed by atoms with E-state index in [0.29, 0.717) is 32.2 Å². The van der Waals surface area contributed by atoms with Gasteiger partial charge in [-0.3, -0.25) is 19.2 Å². The van der Waals surface area contributed by atoms with Gasteiger partial charge < -0.3 is 26.6 Å². The molecule has 0 fully saturated rings. The fourth-order valence-corrected chi connectivity index (χ4v) is 4.14. The topological polar surface area (TPSA) is 176 Å². The Hall–Kier alpha value is -2.49. The van der Waals surface area contributed by atoms with Crippen LogP contribution in [0.2, 0.25) is 0 Å². The SMILES string of the molecule is CC(=O)[C@@H](N)CCCCNC(=O)CC[C@H](NC(=O)CCCCCCCCCCCCCCC(=O)O)C(=O)O. The van der Waals surface area contributed by atoms with Crippen LogP contribution in [0.4, 0.5) is 0 Å². The maximum absolute atomic E-state index is 12.1. The Labute approximate surface area is 227 Å². The van der Waals surface area contributed by atoms with Gasteiger partial charge in [0.15, 0.2) is 0 Å². The third kappa shape index (κ3) is 22.7. The van der Waals surface area contributed by atoms with E-state index in [0.717, 1.165) is 44.9 Å². The Balaban J connectivity index is 3.75. The monoisotopic (exact) mass is 541 g/mol. The molecular weight excluding hydrogens is 490 g/mol. The van der Waals surface area contributed by atoms with Crippen molar-refractivity contribution in [2.75, 3.05) is 6.54 Å². The van der Waals surface area contributed by atoms with E-state index in [1.807, 2.05) is 0 Å². The summed E-state index contributed by atoms with van der Waals surface area (Å²) in [6, 6.07) is -1.56. The van der Waals surface area contributed by atoms with Gasteiger partial charge in [0, 0.05) is 25.8 Å². The Kier molecular flexibility index (Phi) is 22.1. The molecule has 0 aromatic heterocycles. The van der Waals surface area contributed by atoms with Gasteiger partial charge in [0.25, 0.3) is 0 Å². The lowest BCUT2D eigenvalue weighted by atomic mass is 10.0. The van der Waals surface area contributed by atoms with E-state index in [9.17, 15) is 29.1 Å². The second kappa shape index (κ2) is 23.6. The Morgan fingerprint density at radius 3 is 1.61 bits per heavy atom. The van der Waals surface area contributed by atoms with Crippen molar-refractivity contribution in [1.82, 2.24) is 10.6 Å². The van der Waals surface area contributed by atoms with Crippen molar-refractivity contribution in [2.45, 2.75) is 141 Å². The summed E-state index contributed by atoms with van der Waals surface area (Å²) < 4.78 is 0. The van der Waals surface area contributed by atoms with Crippen LogP contribution in [0, 0.1) is 0 Å². The van der Waals surface area contributed by atoms with Crippen molar-refractivity contribution in [3.05, 3.63) is 0 Å². The van der Waals surface area contributed by atoms with Crippen LogP contribution in [-0.2, 0) is 24.0 Å². The van der Waals surface area contributed by atoms with Gasteiger partial charge in [-0.05, 0) is 45.4 Å². The largest absolute Gasteiger partial charge is 0.481 e. The number of rotatable bonds is 26. The van der Waals surface area contributed by atoms with E-state index in [4.69, 9.17) is 10.8 Å². The number of amides is 2. The van der Waals surface area contributed by atoms with E-state index < -0.39 is 24.0 Å². The number of hydrogen-bond acceptors (Lipinski definition) is 6. The van der Waals surface area contributed by atoms with Gasteiger partial charge in [-0.1, -0.05) is 64.2 Å². The highest BCUT2D eigenvalue weighted by Gasteiger charge is 2.20. The molecule has 0 heterocycles. The molecule has 0 rings (SSSR count). The molecule has 2 amide bonds. The van der Waals surface area contributed by atoms with Crippen LogP contribution >= 0.6 is 0 Å². The maximum Gasteiger partial charge on any atom is 0.326 e. The molecule has 0 aliphatic heterocycles. The second-order valence-electron chi connectivity index (χ2n) is 10.2. The van der Waals surface area contributed by atoms with Crippen LogP contribution < -0.4 is 16.4 Å². The number of ketones is 1. The van der Waals surface area contributed by atoms with Crippen LogP contribution in [-0.4, -0.2) is 58.4 Å². The number of carboxylic acids is 2. The number of carbonyl (C=O) groups excluding carboxylic acids is 3. The molecular formula is C28H51N3O7. The number of hydrogen-bond donors (Lipinski definition) is 5. The van der Waals surface area contributed by atoms with E-state index in [1.165, 1.54) is 32.6 Å². The lowest BCUT2D eigenvalue weighted by Gasteiger charge is -2.14. The molecule has 0 aromatic carbocycles. The molecule has 220 valence electrons. The van der Waals surface area contributed by atoms with Crippen LogP contribution in [0.1, 0.15) is 129 Å². The Bertz CT molecular complexity index is 700. The lowest BCUT2D eigenvalue weighted by molar-refractivity contribution is -0.142. The van der Waals surface area contributed by atoms with Crippen LogP contribution in [0.15, 0.2) is 0 Å². The fraction of sp³-hybridized carbons (Fsp3) is 0.821. The van der Waals surface area contributed by atoms with Gasteiger partial charge in [-0.15, -0.1) is 0 Å². The minimum absolute atomic E-state index is 0.00886. The van der Waals surface area contributed by atoms with Crippen molar-refractivity contribution in [3.63, 3.8) is 0 Å². The molecule has 38 heavy (non-hydrogen) atoms. The first-order valence-corrected chi connectivity index (χ1v) is 14.4. The third-order valence-corrected chi connectivity index (χ3v) is 6.62. The second-order valence-corrected chi connectivity index (χ2v) is 10.2. The number of nitrogens with two attached hydrogens (primary N) is 1. The molecule has 0 aliphatic rings. The summed E-state index contributed by atoms with van der Waals surface area (Å²) in [6.45, 7) is 1.89. The molecule has 6 N–H and O–H groups in total. The van der Waals surface area contributed by atoms with Gasteiger partial charge in [-0.25, -0.2) is 4.79 Å². The highest BCUT2D eigenvalue weighted by atomic mass is 16.4. The smallest absolute Gasteiger partial charge is 0.326 e. The van der Waals surface area contributed by atoms with E-state index >= 15 is 0 Å². The highest BCUT2D eigenvalue weighted by molar-refractivity contribution is 5.84. The van der Waals surface area contributed by atoms with E-state index in [2.05, 4.69) is 10.6 Å². The van der Waals surface area contributed by atoms with Gasteiger partial charge in [0.05, 0.1) is 6.04 Å². The highest BCUT2D eigenvalue weighted by Crippen LogP contribution is 2.13. The van der Waals surface area contributed by atoms with E-state index in [1.54, 1.807) is 0 Å². The zero-order valence-electron chi connectivity index (χ0n) is 23.3. The molecule has 0 aromatic rings. The molecule has 0 unspecified atom stereocenters. The standard InChI is InChI=1S/C28H51N3O7/c1-22(32)23(29)16-14-15-21-30-25(33)20-19-24(28(37)38)31-26(34)17-12-10-8-6-4-2-3-5-7-9-11-13-18-27(35)36/h23-24H,2-21,29H2,1H3,(H,30,33)(H,31,34)(H,35,36)(H,37,38)/t23-,24-/m0/s1. The molecule has 2 atom stereocenters. The van der Waals surface area contributed by atoms with Crippen LogP contribution in [0.25, 0.3) is 0 Å². The summed E-state index contributed by atoms with van der Waals surface area (Å²) >= 11 is 0. The third-order valence-electron chi connectivity index (χ3n) is 6.62. The maximum atomic E-state index is 12.1. The molecule has 0 saturated carbocycles. The van der Waals surface area contributed by atoms with Gasteiger partial charge >= 0.3 is 11.9 Å². The fourth-order valence-electron chi connectivity index (χ4n) is 4.14. The first-order valence-electron chi connectivity index (χ1n) is 14.4. The first-order chi connectivity index (χ1) is 18.1. The summed E-state index contributed by atoms with van der Waals surface area (Å²) in [5, 5.41) is 23.2. The summed E-state index contributed by atoms with van der Waals surface area (Å²) in [4.78, 5) is 57.1. The summed E-state index contributed by atoms with van der Waals surface area (Å²) in [6.07, 6.45) is 15.1. The number of Topliss-reactive ketones (excluding diaryl/α,β-unsaturated/α-hetero) is 1. The molecule has 0 bridgehead atoms. The molecule has 10 heteroatoms. The number of nitrogens with one attached hydrogen (secondary N) is 2. The van der Waals surface area contributed by atoms with Gasteiger partial charge in [-0.2, -0.15) is 0 Å². The summed E-state index contributed by atoms with van der Waals surface area (Å²) in [5.74, 6) is -2.49. The van der Waals surface area contributed by atoms with Crippen molar-refractivity contribution in [3.8, 4) is 0 Å². The number of carbonyl (C=O) groups is 5. The quantitative estimate of drug-likeness (QED) is 0.102. The molecule has 0 spiro atoms. The molecule has 0 radical (unpaired) electrons. The van der Waals surface area contributed by atoms with Crippen molar-refractivity contribution in [2.24, 2.45) is 5.73 Å². The minimum atomic E-state index is -1.15. The van der Waals surface area contributed by atoms with Crippen molar-refractivity contribution < 1.29 is 34.2 Å². The number of carboxylic acid groups (broad SMARTS) is 2. The first kappa shape index (κ1) is 35.5. The molecule has 10 nitrogen and oxygen atoms in total. The summed E-state index contributed by atoms with van der Waals surface area (Å²) in [7, 11) is 0. The van der Waals surface area contributed by atoms with Crippen LogP contribution in [0.3, 0.4) is 0 Å². The normalized spacial score (nSPS) is 12.5. The Morgan fingerprint density at radius 1 is 0.632 bits per heavy atom. The van der Waals surface area contributed by atoms with Crippen molar-refractivity contribution >= 4 is 29.5 Å². The predicted octanol–water partition coefficient (Wildman–Crippen LogP) is 4.08. The van der Waals surface area contributed by atoms with Crippen molar-refractivity contribution in [1.29, 1.82) is 0 Å². The predicted molar refractivity (Wildman–Crippen MR) is 147 cm³/mol. The lowest BCUT2D eigenvalue weighted by Crippen LogP contribution is -2.41. The minimum Gasteiger partial charge on any atom is -0.481 e. The molecule has 0 saturated heterocycles. The zero-order valence-corrected chi connectivity index (χ0v) is 23.3. The van der Waals surface area contributed by atoms with Gasteiger partial charge in [0.2, 0.25) is 11.8 Å². The van der Waals surface area contributed by atoms with E-state index in [-0.39, 0.29) is 43.3 Å². The average molecular weight is 542 g/mol. The zero-order chi connectivity index (χ0) is 28.6. The Morgan fingerprint density at radius 2 is 1.13 bits per heavy atom. The van der Waals surface area contributed by atoms with Crippen LogP contribution in [0.5, 0.6) is 0 Å². The van der Waals surface area contributed by atoms with Gasteiger partial charge in [0.1, 0.15) is 11.8 Å².